The van der Waals surface area contributed by atoms with Gasteiger partial charge in [-0.1, -0.05) is 35.3 Å². The van der Waals surface area contributed by atoms with Crippen molar-refractivity contribution in [2.75, 3.05) is 5.88 Å². The van der Waals surface area contributed by atoms with E-state index in [4.69, 9.17) is 34.8 Å². The molecular formula is C16H14Cl3F. The highest BCUT2D eigenvalue weighted by atomic mass is 35.5. The van der Waals surface area contributed by atoms with E-state index in [9.17, 15) is 4.39 Å². The molecular weight excluding hydrogens is 318 g/mol. The Morgan fingerprint density at radius 1 is 0.950 bits per heavy atom. The van der Waals surface area contributed by atoms with Gasteiger partial charge in [0.15, 0.2) is 0 Å². The molecule has 106 valence electrons. The summed E-state index contributed by atoms with van der Waals surface area (Å²) in [5.74, 6) is 0.358. The standard InChI is InChI=1S/C16H14Cl3F/c17-10-12(6-11-2-1-3-14(18)8-11)7-13-9-15(19)4-5-16(13)20/h1-5,8-9,12H,6-7,10H2. The lowest BCUT2D eigenvalue weighted by Gasteiger charge is -2.15. The summed E-state index contributed by atoms with van der Waals surface area (Å²) >= 11 is 17.9. The van der Waals surface area contributed by atoms with Crippen molar-refractivity contribution in [1.29, 1.82) is 0 Å². The molecule has 0 fully saturated rings. The second-order valence-electron chi connectivity index (χ2n) is 4.79. The SMILES string of the molecule is Fc1ccc(Cl)cc1CC(CCl)Cc1cccc(Cl)c1. The fourth-order valence-electron chi connectivity index (χ4n) is 2.19. The Morgan fingerprint density at radius 2 is 1.70 bits per heavy atom. The first-order valence-corrected chi connectivity index (χ1v) is 7.62. The highest BCUT2D eigenvalue weighted by Gasteiger charge is 2.13. The highest BCUT2D eigenvalue weighted by Crippen LogP contribution is 2.22. The summed E-state index contributed by atoms with van der Waals surface area (Å²) in [4.78, 5) is 0. The number of hydrogen-bond acceptors (Lipinski definition) is 0. The second-order valence-corrected chi connectivity index (χ2v) is 5.98. The van der Waals surface area contributed by atoms with Crippen LogP contribution in [0.1, 0.15) is 11.1 Å². The molecule has 0 nitrogen and oxygen atoms in total. The van der Waals surface area contributed by atoms with Crippen molar-refractivity contribution in [3.8, 4) is 0 Å². The van der Waals surface area contributed by atoms with Crippen LogP contribution in [0.4, 0.5) is 4.39 Å². The maximum atomic E-state index is 13.7. The van der Waals surface area contributed by atoms with Gasteiger partial charge in [-0.2, -0.15) is 0 Å². The first-order chi connectivity index (χ1) is 9.58. The van der Waals surface area contributed by atoms with E-state index in [0.29, 0.717) is 27.9 Å². The summed E-state index contributed by atoms with van der Waals surface area (Å²) in [5.41, 5.74) is 1.70. The van der Waals surface area contributed by atoms with E-state index in [2.05, 4.69) is 0 Å². The molecule has 0 N–H and O–H groups in total. The van der Waals surface area contributed by atoms with E-state index < -0.39 is 0 Å². The minimum atomic E-state index is -0.240. The maximum absolute atomic E-state index is 13.7. The van der Waals surface area contributed by atoms with Gasteiger partial charge in [-0.25, -0.2) is 4.39 Å². The maximum Gasteiger partial charge on any atom is 0.126 e. The summed E-state index contributed by atoms with van der Waals surface area (Å²) in [6, 6.07) is 12.2. The number of benzene rings is 2. The average molecular weight is 332 g/mol. The van der Waals surface area contributed by atoms with Gasteiger partial charge < -0.3 is 0 Å². The predicted octanol–water partition coefficient (Wildman–Crippen LogP) is 5.77. The molecule has 2 aromatic carbocycles. The first-order valence-electron chi connectivity index (χ1n) is 6.33. The Morgan fingerprint density at radius 3 is 2.40 bits per heavy atom. The van der Waals surface area contributed by atoms with Crippen molar-refractivity contribution < 1.29 is 4.39 Å². The normalized spacial score (nSPS) is 12.4. The third-order valence-electron chi connectivity index (χ3n) is 3.15. The molecule has 4 heteroatoms. The molecule has 20 heavy (non-hydrogen) atoms. The molecule has 0 heterocycles. The number of halogens is 4. The van der Waals surface area contributed by atoms with Crippen molar-refractivity contribution in [3.05, 3.63) is 69.5 Å². The fourth-order valence-corrected chi connectivity index (χ4v) is 2.82. The number of alkyl halides is 1. The predicted molar refractivity (Wildman–Crippen MR) is 84.5 cm³/mol. The Labute approximate surface area is 133 Å². The lowest BCUT2D eigenvalue weighted by atomic mass is 9.94. The molecule has 0 bridgehead atoms. The van der Waals surface area contributed by atoms with Crippen LogP contribution in [0.25, 0.3) is 0 Å². The van der Waals surface area contributed by atoms with Crippen LogP contribution in [0.2, 0.25) is 10.0 Å². The van der Waals surface area contributed by atoms with E-state index in [1.807, 2.05) is 24.3 Å². The van der Waals surface area contributed by atoms with Crippen LogP contribution in [-0.4, -0.2) is 5.88 Å². The van der Waals surface area contributed by atoms with Crippen molar-refractivity contribution in [2.24, 2.45) is 5.92 Å². The Balaban J connectivity index is 2.11. The van der Waals surface area contributed by atoms with Gasteiger partial charge in [-0.15, -0.1) is 11.6 Å². The second kappa shape index (κ2) is 7.31. The van der Waals surface area contributed by atoms with Gasteiger partial charge in [-0.05, 0) is 60.2 Å². The summed E-state index contributed by atoms with van der Waals surface area (Å²) in [6.07, 6.45) is 1.32. The van der Waals surface area contributed by atoms with Crippen LogP contribution in [0.15, 0.2) is 42.5 Å². The molecule has 0 saturated carbocycles. The molecule has 0 radical (unpaired) electrons. The van der Waals surface area contributed by atoms with Crippen LogP contribution < -0.4 is 0 Å². The van der Waals surface area contributed by atoms with Crippen LogP contribution >= 0.6 is 34.8 Å². The zero-order chi connectivity index (χ0) is 14.5. The van der Waals surface area contributed by atoms with Crippen molar-refractivity contribution in [1.82, 2.24) is 0 Å². The highest BCUT2D eigenvalue weighted by molar-refractivity contribution is 6.30. The fraction of sp³-hybridized carbons (Fsp3) is 0.250. The quantitative estimate of drug-likeness (QED) is 0.610. The van der Waals surface area contributed by atoms with Crippen LogP contribution in [-0.2, 0) is 12.8 Å². The number of rotatable bonds is 5. The van der Waals surface area contributed by atoms with Crippen molar-refractivity contribution >= 4 is 34.8 Å². The molecule has 1 unspecified atom stereocenters. The molecule has 2 aromatic rings. The van der Waals surface area contributed by atoms with Gasteiger partial charge >= 0.3 is 0 Å². The number of hydrogen-bond donors (Lipinski definition) is 0. The Hall–Kier alpha value is -0.760. The van der Waals surface area contributed by atoms with Gasteiger partial charge in [0.1, 0.15) is 5.82 Å². The smallest absolute Gasteiger partial charge is 0.126 e. The third kappa shape index (κ3) is 4.37. The molecule has 0 amide bonds. The largest absolute Gasteiger partial charge is 0.207 e. The zero-order valence-electron chi connectivity index (χ0n) is 10.8. The summed E-state index contributed by atoms with van der Waals surface area (Å²) < 4.78 is 13.7. The first kappa shape index (κ1) is 15.6. The Bertz CT molecular complexity index is 584. The lowest BCUT2D eigenvalue weighted by Crippen LogP contribution is -2.11. The van der Waals surface area contributed by atoms with Gasteiger partial charge in [0.2, 0.25) is 0 Å². The van der Waals surface area contributed by atoms with Gasteiger partial charge in [0.25, 0.3) is 0 Å². The average Bonchev–Trinajstić information content (AvgIpc) is 2.42. The van der Waals surface area contributed by atoms with Crippen LogP contribution in [0.5, 0.6) is 0 Å². The monoisotopic (exact) mass is 330 g/mol. The molecule has 2 rings (SSSR count). The minimum absolute atomic E-state index is 0.142. The van der Waals surface area contributed by atoms with E-state index in [0.717, 1.165) is 12.0 Å². The lowest BCUT2D eigenvalue weighted by molar-refractivity contribution is 0.546. The molecule has 1 atom stereocenters. The van der Waals surface area contributed by atoms with Gasteiger partial charge in [0, 0.05) is 15.9 Å². The Kier molecular flexibility index (Phi) is 5.71. The molecule has 0 aliphatic carbocycles. The summed E-state index contributed by atoms with van der Waals surface area (Å²) in [7, 11) is 0. The molecule has 0 aliphatic heterocycles. The molecule has 0 spiro atoms. The summed E-state index contributed by atoms with van der Waals surface area (Å²) in [6.45, 7) is 0. The molecule has 0 saturated heterocycles. The van der Waals surface area contributed by atoms with E-state index >= 15 is 0 Å². The molecule has 0 aromatic heterocycles. The van der Waals surface area contributed by atoms with E-state index in [1.165, 1.54) is 6.07 Å². The third-order valence-corrected chi connectivity index (χ3v) is 4.05. The van der Waals surface area contributed by atoms with Crippen molar-refractivity contribution in [2.45, 2.75) is 12.8 Å². The van der Waals surface area contributed by atoms with E-state index in [1.54, 1.807) is 12.1 Å². The zero-order valence-corrected chi connectivity index (χ0v) is 13.0. The van der Waals surface area contributed by atoms with E-state index in [-0.39, 0.29) is 11.7 Å². The van der Waals surface area contributed by atoms with Gasteiger partial charge in [0.05, 0.1) is 0 Å². The molecule has 0 aliphatic rings. The summed E-state index contributed by atoms with van der Waals surface area (Å²) in [5, 5.41) is 1.24. The van der Waals surface area contributed by atoms with Crippen LogP contribution in [0.3, 0.4) is 0 Å². The van der Waals surface area contributed by atoms with Gasteiger partial charge in [-0.3, -0.25) is 0 Å². The van der Waals surface area contributed by atoms with Crippen LogP contribution in [0, 0.1) is 11.7 Å². The minimum Gasteiger partial charge on any atom is -0.207 e. The van der Waals surface area contributed by atoms with Crippen molar-refractivity contribution in [3.63, 3.8) is 0 Å². The topological polar surface area (TPSA) is 0 Å².